The van der Waals surface area contributed by atoms with Gasteiger partial charge >= 0.3 is 0 Å². The van der Waals surface area contributed by atoms with Crippen LogP contribution in [0.25, 0.3) is 0 Å². The van der Waals surface area contributed by atoms with Crippen LogP contribution in [0.3, 0.4) is 0 Å². The van der Waals surface area contributed by atoms with Gasteiger partial charge < -0.3 is 5.32 Å². The van der Waals surface area contributed by atoms with Crippen LogP contribution in [0.2, 0.25) is 10.3 Å². The zero-order valence-electron chi connectivity index (χ0n) is 10.4. The van der Waals surface area contributed by atoms with Crippen LogP contribution in [-0.2, 0) is 4.79 Å². The quantitative estimate of drug-likeness (QED) is 0.845. The van der Waals surface area contributed by atoms with Gasteiger partial charge in [-0.05, 0) is 25.0 Å². The molecule has 0 spiro atoms. The molecule has 0 fully saturated rings. The standard InChI is InChI=1S/C12H16Cl2N2O/c1-5-12(3,4)11(17)16-9-7(2)6-8(13)15-10(9)14/h6H,5H2,1-4H3,(H,16,17). The number of rotatable bonds is 3. The number of pyridine rings is 1. The Labute approximate surface area is 112 Å². The van der Waals surface area contributed by atoms with Crippen LogP contribution in [0.1, 0.15) is 32.8 Å². The molecule has 1 amide bonds. The normalized spacial score (nSPS) is 11.4. The first-order valence-electron chi connectivity index (χ1n) is 5.42. The molecule has 1 aromatic rings. The van der Waals surface area contributed by atoms with Crippen molar-refractivity contribution < 1.29 is 4.79 Å². The molecule has 3 nitrogen and oxygen atoms in total. The molecule has 0 aliphatic carbocycles. The monoisotopic (exact) mass is 274 g/mol. The minimum absolute atomic E-state index is 0.0749. The lowest BCUT2D eigenvalue weighted by Crippen LogP contribution is -2.30. The molecule has 0 unspecified atom stereocenters. The van der Waals surface area contributed by atoms with E-state index in [9.17, 15) is 4.79 Å². The van der Waals surface area contributed by atoms with Gasteiger partial charge in [0.25, 0.3) is 0 Å². The fourth-order valence-electron chi connectivity index (χ4n) is 1.19. The van der Waals surface area contributed by atoms with Crippen LogP contribution in [0.5, 0.6) is 0 Å². The summed E-state index contributed by atoms with van der Waals surface area (Å²) in [4.78, 5) is 15.9. The Hall–Kier alpha value is -0.800. The molecule has 17 heavy (non-hydrogen) atoms. The maximum absolute atomic E-state index is 12.0. The summed E-state index contributed by atoms with van der Waals surface area (Å²) in [6, 6.07) is 1.67. The van der Waals surface area contributed by atoms with Crippen LogP contribution < -0.4 is 5.32 Å². The van der Waals surface area contributed by atoms with Crippen LogP contribution in [0.15, 0.2) is 6.07 Å². The summed E-state index contributed by atoms with van der Waals surface area (Å²) in [5, 5.41) is 3.34. The van der Waals surface area contributed by atoms with Gasteiger partial charge in [0.15, 0.2) is 5.15 Å². The lowest BCUT2D eigenvalue weighted by atomic mass is 9.89. The largest absolute Gasteiger partial charge is 0.323 e. The van der Waals surface area contributed by atoms with Crippen molar-refractivity contribution in [2.45, 2.75) is 34.1 Å². The van der Waals surface area contributed by atoms with Crippen molar-refractivity contribution in [3.63, 3.8) is 0 Å². The third-order valence-electron chi connectivity index (χ3n) is 2.88. The average molecular weight is 275 g/mol. The van der Waals surface area contributed by atoms with E-state index in [1.807, 2.05) is 27.7 Å². The maximum Gasteiger partial charge on any atom is 0.230 e. The highest BCUT2D eigenvalue weighted by atomic mass is 35.5. The van der Waals surface area contributed by atoms with E-state index in [4.69, 9.17) is 23.2 Å². The molecule has 0 aliphatic rings. The summed E-state index contributed by atoms with van der Waals surface area (Å²) in [6.45, 7) is 7.56. The van der Waals surface area contributed by atoms with Crippen molar-refractivity contribution in [1.29, 1.82) is 0 Å². The van der Waals surface area contributed by atoms with Crippen molar-refractivity contribution in [3.05, 3.63) is 21.9 Å². The zero-order valence-corrected chi connectivity index (χ0v) is 11.9. The molecule has 1 heterocycles. The molecule has 0 bridgehead atoms. The number of aromatic nitrogens is 1. The van der Waals surface area contributed by atoms with E-state index < -0.39 is 5.41 Å². The molecule has 0 radical (unpaired) electrons. The number of nitrogens with zero attached hydrogens (tertiary/aromatic N) is 1. The number of aryl methyl sites for hydroxylation is 1. The smallest absolute Gasteiger partial charge is 0.230 e. The van der Waals surface area contributed by atoms with E-state index in [1.54, 1.807) is 6.07 Å². The Morgan fingerprint density at radius 3 is 2.53 bits per heavy atom. The number of halogens is 2. The van der Waals surface area contributed by atoms with Gasteiger partial charge in [0.05, 0.1) is 5.69 Å². The molecule has 0 saturated heterocycles. The topological polar surface area (TPSA) is 42.0 Å². The van der Waals surface area contributed by atoms with Gasteiger partial charge in [0.2, 0.25) is 5.91 Å². The Balaban J connectivity index is 3.01. The first-order chi connectivity index (χ1) is 7.77. The summed E-state index contributed by atoms with van der Waals surface area (Å²) in [5.41, 5.74) is 0.896. The first kappa shape index (κ1) is 14.3. The van der Waals surface area contributed by atoms with Crippen molar-refractivity contribution in [2.75, 3.05) is 5.32 Å². The molecule has 0 atom stereocenters. The third kappa shape index (κ3) is 3.33. The summed E-state index contributed by atoms with van der Waals surface area (Å²) in [6.07, 6.45) is 0.747. The van der Waals surface area contributed by atoms with Gasteiger partial charge in [-0.2, -0.15) is 0 Å². The van der Waals surface area contributed by atoms with Crippen molar-refractivity contribution >= 4 is 34.8 Å². The maximum atomic E-state index is 12.0. The van der Waals surface area contributed by atoms with Gasteiger partial charge in [0.1, 0.15) is 5.15 Å². The van der Waals surface area contributed by atoms with E-state index in [0.717, 1.165) is 12.0 Å². The van der Waals surface area contributed by atoms with Crippen molar-refractivity contribution in [3.8, 4) is 0 Å². The molecular formula is C12H16Cl2N2O. The first-order valence-corrected chi connectivity index (χ1v) is 6.17. The lowest BCUT2D eigenvalue weighted by molar-refractivity contribution is -0.124. The SMILES string of the molecule is CCC(C)(C)C(=O)Nc1c(C)cc(Cl)nc1Cl. The summed E-state index contributed by atoms with van der Waals surface area (Å²) in [7, 11) is 0. The Kier molecular flexibility index (Phi) is 4.39. The highest BCUT2D eigenvalue weighted by Gasteiger charge is 2.26. The summed E-state index contributed by atoms with van der Waals surface area (Å²) >= 11 is 11.7. The van der Waals surface area contributed by atoms with E-state index in [1.165, 1.54) is 0 Å². The van der Waals surface area contributed by atoms with Gasteiger partial charge in [0, 0.05) is 5.41 Å². The zero-order chi connectivity index (χ0) is 13.2. The highest BCUT2D eigenvalue weighted by molar-refractivity contribution is 6.34. The van der Waals surface area contributed by atoms with Crippen LogP contribution in [0.4, 0.5) is 5.69 Å². The Bertz CT molecular complexity index is 421. The summed E-state index contributed by atoms with van der Waals surface area (Å²) < 4.78 is 0. The molecular weight excluding hydrogens is 259 g/mol. The second-order valence-corrected chi connectivity index (χ2v) is 5.36. The van der Waals surface area contributed by atoms with Crippen molar-refractivity contribution in [2.24, 2.45) is 5.41 Å². The van der Waals surface area contributed by atoms with E-state index >= 15 is 0 Å². The van der Waals surface area contributed by atoms with E-state index in [-0.39, 0.29) is 11.1 Å². The van der Waals surface area contributed by atoms with E-state index in [0.29, 0.717) is 10.8 Å². The number of carbonyl (C=O) groups is 1. The van der Waals surface area contributed by atoms with Gasteiger partial charge in [-0.25, -0.2) is 4.98 Å². The molecule has 0 aliphatic heterocycles. The second-order valence-electron chi connectivity index (χ2n) is 4.62. The van der Waals surface area contributed by atoms with Crippen LogP contribution >= 0.6 is 23.2 Å². The Morgan fingerprint density at radius 2 is 2.06 bits per heavy atom. The molecule has 1 N–H and O–H groups in total. The molecule has 1 rings (SSSR count). The number of nitrogens with one attached hydrogen (secondary N) is 1. The minimum atomic E-state index is -0.435. The molecule has 1 aromatic heterocycles. The second kappa shape index (κ2) is 5.23. The third-order valence-corrected chi connectivity index (χ3v) is 3.35. The predicted octanol–water partition coefficient (Wildman–Crippen LogP) is 4.07. The van der Waals surface area contributed by atoms with Crippen molar-refractivity contribution in [1.82, 2.24) is 4.98 Å². The number of amides is 1. The molecule has 0 saturated carbocycles. The molecule has 5 heteroatoms. The minimum Gasteiger partial charge on any atom is -0.323 e. The van der Waals surface area contributed by atoms with Crippen LogP contribution in [0, 0.1) is 12.3 Å². The number of hydrogen-bond donors (Lipinski definition) is 1. The highest BCUT2D eigenvalue weighted by Crippen LogP contribution is 2.29. The number of hydrogen-bond acceptors (Lipinski definition) is 2. The van der Waals surface area contributed by atoms with Gasteiger partial charge in [-0.3, -0.25) is 4.79 Å². The van der Waals surface area contributed by atoms with Gasteiger partial charge in [-0.15, -0.1) is 0 Å². The number of anilines is 1. The lowest BCUT2D eigenvalue weighted by Gasteiger charge is -2.22. The summed E-state index contributed by atoms with van der Waals surface area (Å²) in [5.74, 6) is -0.0749. The van der Waals surface area contributed by atoms with E-state index in [2.05, 4.69) is 10.3 Å². The predicted molar refractivity (Wildman–Crippen MR) is 71.7 cm³/mol. The Morgan fingerprint density at radius 1 is 1.47 bits per heavy atom. The van der Waals surface area contributed by atoms with Crippen LogP contribution in [-0.4, -0.2) is 10.9 Å². The fraction of sp³-hybridized carbons (Fsp3) is 0.500. The van der Waals surface area contributed by atoms with Gasteiger partial charge in [-0.1, -0.05) is 44.0 Å². The fourth-order valence-corrected chi connectivity index (χ4v) is 1.77. The number of carbonyl (C=O) groups excluding carboxylic acids is 1. The molecule has 94 valence electrons. The molecule has 0 aromatic carbocycles. The average Bonchev–Trinajstić information content (AvgIpc) is 2.22.